The van der Waals surface area contributed by atoms with E-state index in [4.69, 9.17) is 16.7 Å². The van der Waals surface area contributed by atoms with Crippen molar-refractivity contribution >= 4 is 17.9 Å². The normalized spacial score (nSPS) is 9.64. The molecule has 0 fully saturated rings. The summed E-state index contributed by atoms with van der Waals surface area (Å²) in [6.45, 7) is -0.162. The van der Waals surface area contributed by atoms with Gasteiger partial charge in [0.1, 0.15) is 5.69 Å². The molecular formula is C7H6ClNO2. The summed E-state index contributed by atoms with van der Waals surface area (Å²) >= 11 is 5.65. The second-order valence-corrected chi connectivity index (χ2v) is 2.38. The van der Waals surface area contributed by atoms with Gasteiger partial charge >= 0.3 is 0 Å². The maximum atomic E-state index is 10.2. The molecule has 0 aliphatic heterocycles. The van der Waals surface area contributed by atoms with Crippen LogP contribution in [0.5, 0.6) is 0 Å². The second-order valence-electron chi connectivity index (χ2n) is 1.98. The molecule has 1 aromatic heterocycles. The van der Waals surface area contributed by atoms with Gasteiger partial charge in [-0.3, -0.25) is 9.78 Å². The minimum absolute atomic E-state index is 0.162. The minimum atomic E-state index is -0.162. The fourth-order valence-corrected chi connectivity index (χ4v) is 0.875. The number of hydrogen-bond donors (Lipinski definition) is 1. The van der Waals surface area contributed by atoms with Crippen molar-refractivity contribution in [2.45, 2.75) is 6.61 Å². The Hall–Kier alpha value is -0.930. The van der Waals surface area contributed by atoms with Crippen molar-refractivity contribution in [2.75, 3.05) is 0 Å². The first-order valence-electron chi connectivity index (χ1n) is 2.98. The molecule has 0 atom stereocenters. The Morgan fingerprint density at radius 1 is 1.73 bits per heavy atom. The van der Waals surface area contributed by atoms with Crippen LogP contribution >= 0.6 is 11.6 Å². The van der Waals surface area contributed by atoms with Gasteiger partial charge in [-0.25, -0.2) is 0 Å². The summed E-state index contributed by atoms with van der Waals surface area (Å²) in [6, 6.07) is 1.42. The lowest BCUT2D eigenvalue weighted by Gasteiger charge is -1.98. The average molecular weight is 172 g/mol. The number of aliphatic hydroxyl groups is 1. The first-order valence-corrected chi connectivity index (χ1v) is 3.36. The number of nitrogens with zero attached hydrogens (tertiary/aromatic N) is 1. The Kier molecular flexibility index (Phi) is 2.57. The molecule has 1 N–H and O–H groups in total. The van der Waals surface area contributed by atoms with E-state index in [1.165, 1.54) is 12.3 Å². The fourth-order valence-electron chi connectivity index (χ4n) is 0.655. The van der Waals surface area contributed by atoms with Crippen LogP contribution in [0, 0.1) is 0 Å². The number of hydrogen-bond acceptors (Lipinski definition) is 3. The molecule has 1 rings (SSSR count). The van der Waals surface area contributed by atoms with Gasteiger partial charge in [-0.05, 0) is 6.07 Å². The largest absolute Gasteiger partial charge is 0.392 e. The molecule has 0 radical (unpaired) electrons. The molecule has 0 aliphatic rings. The number of halogens is 1. The molecule has 0 spiro atoms. The van der Waals surface area contributed by atoms with Gasteiger partial charge < -0.3 is 5.11 Å². The summed E-state index contributed by atoms with van der Waals surface area (Å²) < 4.78 is 0. The van der Waals surface area contributed by atoms with Crippen LogP contribution in [-0.2, 0) is 6.61 Å². The molecule has 0 unspecified atom stereocenters. The lowest BCUT2D eigenvalue weighted by atomic mass is 10.3. The van der Waals surface area contributed by atoms with Crippen LogP contribution < -0.4 is 0 Å². The van der Waals surface area contributed by atoms with Gasteiger partial charge in [-0.2, -0.15) is 0 Å². The maximum absolute atomic E-state index is 10.2. The van der Waals surface area contributed by atoms with Gasteiger partial charge in [-0.15, -0.1) is 0 Å². The number of carbonyl (C=O) groups is 1. The van der Waals surface area contributed by atoms with Crippen LogP contribution in [0.2, 0.25) is 5.02 Å². The van der Waals surface area contributed by atoms with Crippen molar-refractivity contribution in [3.05, 3.63) is 28.5 Å². The van der Waals surface area contributed by atoms with Crippen LogP contribution in [0.4, 0.5) is 0 Å². The molecule has 4 heteroatoms. The fraction of sp³-hybridized carbons (Fsp3) is 0.143. The molecule has 58 valence electrons. The number of carbonyl (C=O) groups excluding carboxylic acids is 1. The van der Waals surface area contributed by atoms with Crippen LogP contribution in [0.1, 0.15) is 16.1 Å². The lowest BCUT2D eigenvalue weighted by molar-refractivity contribution is 0.111. The standard InChI is InChI=1S/C7H6ClNO2/c8-7-1-6(4-11)9-2-5(7)3-10/h1-2,4,10H,3H2. The lowest BCUT2D eigenvalue weighted by Crippen LogP contribution is -1.91. The highest BCUT2D eigenvalue weighted by molar-refractivity contribution is 6.31. The van der Waals surface area contributed by atoms with Gasteiger partial charge in [0.2, 0.25) is 0 Å². The number of pyridine rings is 1. The molecular weight excluding hydrogens is 166 g/mol. The summed E-state index contributed by atoms with van der Waals surface area (Å²) in [4.78, 5) is 13.9. The van der Waals surface area contributed by atoms with Crippen LogP contribution in [-0.4, -0.2) is 16.4 Å². The highest BCUT2D eigenvalue weighted by Gasteiger charge is 2.00. The van der Waals surface area contributed by atoms with Crippen molar-refractivity contribution in [3.8, 4) is 0 Å². The summed E-state index contributed by atoms with van der Waals surface area (Å²) in [5, 5.41) is 9.03. The molecule has 0 aliphatic carbocycles. The number of rotatable bonds is 2. The van der Waals surface area contributed by atoms with E-state index in [2.05, 4.69) is 4.98 Å². The topological polar surface area (TPSA) is 50.2 Å². The third-order valence-electron chi connectivity index (χ3n) is 1.24. The monoisotopic (exact) mass is 171 g/mol. The van der Waals surface area contributed by atoms with Crippen molar-refractivity contribution < 1.29 is 9.90 Å². The Labute approximate surface area is 68.6 Å². The minimum Gasteiger partial charge on any atom is -0.392 e. The smallest absolute Gasteiger partial charge is 0.168 e. The number of aldehydes is 1. The summed E-state index contributed by atoms with van der Waals surface area (Å²) in [5.74, 6) is 0. The predicted molar refractivity (Wildman–Crippen MR) is 40.6 cm³/mol. The Morgan fingerprint density at radius 3 is 2.91 bits per heavy atom. The van der Waals surface area contributed by atoms with E-state index in [0.29, 0.717) is 16.9 Å². The molecule has 0 amide bonds. The quantitative estimate of drug-likeness (QED) is 0.677. The van der Waals surface area contributed by atoms with Crippen LogP contribution in [0.3, 0.4) is 0 Å². The molecule has 0 bridgehead atoms. The molecule has 0 saturated carbocycles. The van der Waals surface area contributed by atoms with Gasteiger partial charge in [0.25, 0.3) is 0 Å². The van der Waals surface area contributed by atoms with Gasteiger partial charge in [-0.1, -0.05) is 11.6 Å². The van der Waals surface area contributed by atoms with E-state index >= 15 is 0 Å². The third-order valence-corrected chi connectivity index (χ3v) is 1.59. The zero-order chi connectivity index (χ0) is 8.27. The average Bonchev–Trinajstić information content (AvgIpc) is 2.04. The van der Waals surface area contributed by atoms with E-state index in [0.717, 1.165) is 0 Å². The molecule has 11 heavy (non-hydrogen) atoms. The van der Waals surface area contributed by atoms with Gasteiger partial charge in [0.05, 0.1) is 6.61 Å². The first-order chi connectivity index (χ1) is 5.27. The maximum Gasteiger partial charge on any atom is 0.168 e. The van der Waals surface area contributed by atoms with Crippen molar-refractivity contribution in [1.29, 1.82) is 0 Å². The van der Waals surface area contributed by atoms with Crippen LogP contribution in [0.25, 0.3) is 0 Å². The summed E-state index contributed by atoms with van der Waals surface area (Å²) in [6.07, 6.45) is 1.99. The molecule has 0 saturated heterocycles. The molecule has 3 nitrogen and oxygen atoms in total. The van der Waals surface area contributed by atoms with E-state index in [-0.39, 0.29) is 12.3 Å². The second kappa shape index (κ2) is 3.46. The van der Waals surface area contributed by atoms with Gasteiger partial charge in [0, 0.05) is 16.8 Å². The summed E-state index contributed by atoms with van der Waals surface area (Å²) in [5.41, 5.74) is 0.796. The number of aliphatic hydroxyl groups excluding tert-OH is 1. The van der Waals surface area contributed by atoms with Gasteiger partial charge in [0.15, 0.2) is 6.29 Å². The Bertz CT molecular complexity index is 275. The molecule has 1 aromatic rings. The molecule has 1 heterocycles. The summed E-state index contributed by atoms with van der Waals surface area (Å²) in [7, 11) is 0. The van der Waals surface area contributed by atoms with Crippen molar-refractivity contribution in [1.82, 2.24) is 4.98 Å². The van der Waals surface area contributed by atoms with Crippen LogP contribution in [0.15, 0.2) is 12.3 Å². The third kappa shape index (κ3) is 1.76. The first kappa shape index (κ1) is 8.17. The van der Waals surface area contributed by atoms with Crippen molar-refractivity contribution in [2.24, 2.45) is 0 Å². The van der Waals surface area contributed by atoms with E-state index in [1.807, 2.05) is 0 Å². The zero-order valence-corrected chi connectivity index (χ0v) is 6.38. The van der Waals surface area contributed by atoms with E-state index < -0.39 is 0 Å². The highest BCUT2D eigenvalue weighted by Crippen LogP contribution is 2.14. The zero-order valence-electron chi connectivity index (χ0n) is 5.62. The van der Waals surface area contributed by atoms with Crippen molar-refractivity contribution in [3.63, 3.8) is 0 Å². The Morgan fingerprint density at radius 2 is 2.45 bits per heavy atom. The Balaban J connectivity index is 3.09. The SMILES string of the molecule is O=Cc1cc(Cl)c(CO)cn1. The highest BCUT2D eigenvalue weighted by atomic mass is 35.5. The molecule has 0 aromatic carbocycles. The predicted octanol–water partition coefficient (Wildman–Crippen LogP) is 1.04. The van der Waals surface area contributed by atoms with E-state index in [1.54, 1.807) is 0 Å². The van der Waals surface area contributed by atoms with E-state index in [9.17, 15) is 4.79 Å². The number of aromatic nitrogens is 1.